The van der Waals surface area contributed by atoms with Crippen LogP contribution >= 0.6 is 11.8 Å². The summed E-state index contributed by atoms with van der Waals surface area (Å²) in [7, 11) is 0. The highest BCUT2D eigenvalue weighted by molar-refractivity contribution is 7.99. The lowest BCUT2D eigenvalue weighted by Crippen LogP contribution is -2.08. The molecule has 4 heteroatoms. The van der Waals surface area contributed by atoms with Gasteiger partial charge in [0.15, 0.2) is 0 Å². The molecule has 2 aromatic heterocycles. The predicted molar refractivity (Wildman–Crippen MR) is 72.4 cm³/mol. The van der Waals surface area contributed by atoms with Crippen molar-refractivity contribution in [2.45, 2.75) is 25.3 Å². The van der Waals surface area contributed by atoms with Gasteiger partial charge in [-0.25, -0.2) is 4.98 Å². The van der Waals surface area contributed by atoms with E-state index in [4.69, 9.17) is 10.7 Å². The lowest BCUT2D eigenvalue weighted by molar-refractivity contribution is 0.647. The van der Waals surface area contributed by atoms with Crippen molar-refractivity contribution in [1.29, 1.82) is 0 Å². The number of imidazole rings is 1. The van der Waals surface area contributed by atoms with E-state index in [2.05, 4.69) is 28.9 Å². The van der Waals surface area contributed by atoms with E-state index in [0.717, 1.165) is 11.2 Å². The predicted octanol–water partition coefficient (Wildman–Crippen LogP) is 2.40. The number of thioether (sulfide) groups is 1. The number of nitrogens with two attached hydrogens (primary N) is 1. The highest BCUT2D eigenvalue weighted by Crippen LogP contribution is 2.30. The topological polar surface area (TPSA) is 43.3 Å². The zero-order valence-electron chi connectivity index (χ0n) is 9.80. The first-order valence-electron chi connectivity index (χ1n) is 6.12. The fourth-order valence-electron chi connectivity index (χ4n) is 2.35. The number of nitrogens with zero attached hydrogens (tertiary/aromatic N) is 2. The zero-order valence-corrected chi connectivity index (χ0v) is 10.6. The largest absolute Gasteiger partial charge is 0.326 e. The van der Waals surface area contributed by atoms with Gasteiger partial charge in [0.2, 0.25) is 0 Å². The molecule has 3 rings (SSSR count). The fraction of sp³-hybridized carbons (Fsp3) is 0.462. The first-order valence-corrected chi connectivity index (χ1v) is 7.27. The molecule has 17 heavy (non-hydrogen) atoms. The van der Waals surface area contributed by atoms with E-state index in [0.29, 0.717) is 12.5 Å². The van der Waals surface area contributed by atoms with Crippen molar-refractivity contribution in [2.75, 3.05) is 11.5 Å². The Kier molecular flexibility index (Phi) is 3.07. The molecule has 0 bridgehead atoms. The van der Waals surface area contributed by atoms with Crippen LogP contribution in [0.5, 0.6) is 0 Å². The van der Waals surface area contributed by atoms with Gasteiger partial charge in [-0.05, 0) is 30.2 Å². The van der Waals surface area contributed by atoms with Crippen LogP contribution in [0.25, 0.3) is 5.65 Å². The maximum absolute atomic E-state index is 5.65. The Morgan fingerprint density at radius 2 is 2.35 bits per heavy atom. The monoisotopic (exact) mass is 247 g/mol. The number of fused-ring (bicyclic) bond motifs is 1. The molecule has 0 aliphatic carbocycles. The molecule has 2 aromatic rings. The number of hydrogen-bond donors (Lipinski definition) is 1. The third-order valence-corrected chi connectivity index (χ3v) is 4.56. The van der Waals surface area contributed by atoms with Crippen molar-refractivity contribution in [3.8, 4) is 0 Å². The summed E-state index contributed by atoms with van der Waals surface area (Å²) in [5, 5.41) is 0. The van der Waals surface area contributed by atoms with Crippen molar-refractivity contribution in [2.24, 2.45) is 5.73 Å². The van der Waals surface area contributed by atoms with Crippen molar-refractivity contribution in [3.63, 3.8) is 0 Å². The number of pyridine rings is 1. The van der Waals surface area contributed by atoms with Gasteiger partial charge in [-0.15, -0.1) is 0 Å². The minimum Gasteiger partial charge on any atom is -0.326 e. The molecule has 0 amide bonds. The molecule has 2 N–H and O–H groups in total. The lowest BCUT2D eigenvalue weighted by Gasteiger charge is -2.18. The summed E-state index contributed by atoms with van der Waals surface area (Å²) < 4.78 is 2.11. The van der Waals surface area contributed by atoms with Crippen molar-refractivity contribution >= 4 is 17.4 Å². The summed E-state index contributed by atoms with van der Waals surface area (Å²) in [5.74, 6) is 3.16. The minimum absolute atomic E-state index is 0.586. The van der Waals surface area contributed by atoms with Gasteiger partial charge in [0.25, 0.3) is 0 Å². The van der Waals surface area contributed by atoms with Gasteiger partial charge < -0.3 is 10.1 Å². The first kappa shape index (κ1) is 11.1. The van der Waals surface area contributed by atoms with E-state index < -0.39 is 0 Å². The third-order valence-electron chi connectivity index (χ3n) is 3.35. The second-order valence-electron chi connectivity index (χ2n) is 4.59. The molecular formula is C13H17N3S. The van der Waals surface area contributed by atoms with Gasteiger partial charge in [0.05, 0.1) is 5.69 Å². The van der Waals surface area contributed by atoms with Crippen LogP contribution in [0.15, 0.2) is 24.5 Å². The Hall–Kier alpha value is -1.00. The molecule has 0 saturated carbocycles. The normalized spacial score (nSPS) is 20.9. The van der Waals surface area contributed by atoms with E-state index in [9.17, 15) is 0 Å². The van der Waals surface area contributed by atoms with Gasteiger partial charge in [-0.3, -0.25) is 0 Å². The van der Waals surface area contributed by atoms with E-state index in [1.165, 1.54) is 30.0 Å². The van der Waals surface area contributed by atoms with Crippen LogP contribution in [-0.4, -0.2) is 20.9 Å². The molecule has 90 valence electrons. The van der Waals surface area contributed by atoms with Gasteiger partial charge in [-0.1, -0.05) is 6.07 Å². The Morgan fingerprint density at radius 3 is 3.12 bits per heavy atom. The Balaban J connectivity index is 1.95. The molecule has 0 spiro atoms. The summed E-state index contributed by atoms with van der Waals surface area (Å²) in [6.07, 6.45) is 6.85. The molecule has 1 unspecified atom stereocenters. The second kappa shape index (κ2) is 4.70. The molecule has 0 radical (unpaired) electrons. The molecule has 3 nitrogen and oxygen atoms in total. The Morgan fingerprint density at radius 1 is 1.41 bits per heavy atom. The average molecular weight is 247 g/mol. The maximum Gasteiger partial charge on any atom is 0.137 e. The maximum atomic E-state index is 5.65. The summed E-state index contributed by atoms with van der Waals surface area (Å²) in [4.78, 5) is 4.72. The van der Waals surface area contributed by atoms with Crippen LogP contribution in [0, 0.1) is 0 Å². The van der Waals surface area contributed by atoms with Gasteiger partial charge in [-0.2, -0.15) is 11.8 Å². The highest BCUT2D eigenvalue weighted by Gasteiger charge is 2.18. The van der Waals surface area contributed by atoms with Gasteiger partial charge >= 0.3 is 0 Å². The van der Waals surface area contributed by atoms with E-state index in [-0.39, 0.29) is 0 Å². The fourth-order valence-corrected chi connectivity index (χ4v) is 3.51. The van der Waals surface area contributed by atoms with E-state index >= 15 is 0 Å². The summed E-state index contributed by atoms with van der Waals surface area (Å²) in [6, 6.07) is 4.11. The third kappa shape index (κ3) is 2.19. The SMILES string of the molecule is NCc1ccc2nc(C3CCCSC3)cn2c1. The number of aromatic nitrogens is 2. The first-order chi connectivity index (χ1) is 8.36. The molecule has 3 heterocycles. The van der Waals surface area contributed by atoms with Crippen LogP contribution in [0.1, 0.15) is 30.0 Å². The molecule has 1 saturated heterocycles. The highest BCUT2D eigenvalue weighted by atomic mass is 32.2. The van der Waals surface area contributed by atoms with Crippen LogP contribution < -0.4 is 5.73 Å². The molecular weight excluding hydrogens is 230 g/mol. The zero-order chi connectivity index (χ0) is 11.7. The Bertz CT molecular complexity index is 514. The summed E-state index contributed by atoms with van der Waals surface area (Å²) in [5.41, 5.74) is 9.08. The lowest BCUT2D eigenvalue weighted by atomic mass is 10.0. The molecule has 1 fully saturated rings. The minimum atomic E-state index is 0.586. The second-order valence-corrected chi connectivity index (χ2v) is 5.74. The standard InChI is InChI=1S/C13H17N3S/c14-6-10-3-4-13-15-12(8-16(13)7-10)11-2-1-5-17-9-11/h3-4,7-8,11H,1-2,5-6,9,14H2. The Labute approximate surface area is 105 Å². The molecule has 1 aliphatic heterocycles. The average Bonchev–Trinajstić information content (AvgIpc) is 2.82. The van der Waals surface area contributed by atoms with E-state index in [1.807, 2.05) is 11.8 Å². The molecule has 0 aromatic carbocycles. The number of hydrogen-bond acceptors (Lipinski definition) is 3. The smallest absolute Gasteiger partial charge is 0.137 e. The summed E-state index contributed by atoms with van der Waals surface area (Å²) >= 11 is 2.05. The van der Waals surface area contributed by atoms with Crippen molar-refractivity contribution in [1.82, 2.24) is 9.38 Å². The van der Waals surface area contributed by atoms with Crippen LogP contribution in [0.2, 0.25) is 0 Å². The quantitative estimate of drug-likeness (QED) is 0.886. The van der Waals surface area contributed by atoms with Crippen LogP contribution in [0.4, 0.5) is 0 Å². The van der Waals surface area contributed by atoms with Crippen molar-refractivity contribution < 1.29 is 0 Å². The molecule has 1 atom stereocenters. The summed E-state index contributed by atoms with van der Waals surface area (Å²) in [6.45, 7) is 0.586. The van der Waals surface area contributed by atoms with Gasteiger partial charge in [0, 0.05) is 30.6 Å². The van der Waals surface area contributed by atoms with E-state index in [1.54, 1.807) is 0 Å². The van der Waals surface area contributed by atoms with Crippen LogP contribution in [-0.2, 0) is 6.54 Å². The van der Waals surface area contributed by atoms with Crippen LogP contribution in [0.3, 0.4) is 0 Å². The number of rotatable bonds is 2. The molecule has 1 aliphatic rings. The van der Waals surface area contributed by atoms with Gasteiger partial charge in [0.1, 0.15) is 5.65 Å². The van der Waals surface area contributed by atoms with Crippen molar-refractivity contribution in [3.05, 3.63) is 35.8 Å².